The highest BCUT2D eigenvalue weighted by atomic mass is 15.1. The van der Waals surface area contributed by atoms with E-state index in [0.29, 0.717) is 0 Å². The van der Waals surface area contributed by atoms with Crippen molar-refractivity contribution < 1.29 is 0 Å². The largest absolute Gasteiger partial charge is 0.309 e. The average Bonchev–Trinajstić information content (AvgIpc) is 0.875. The van der Waals surface area contributed by atoms with Gasteiger partial charge in [-0.3, -0.25) is 0 Å². The molecule has 0 amide bonds. The van der Waals surface area contributed by atoms with Crippen molar-refractivity contribution in [2.24, 2.45) is 0 Å². The summed E-state index contributed by atoms with van der Waals surface area (Å²) >= 11 is 0. The van der Waals surface area contributed by atoms with E-state index in [1.165, 1.54) is 132 Å². The number of para-hydroxylation sites is 1. The van der Waals surface area contributed by atoms with Crippen molar-refractivity contribution >= 4 is 71.2 Å². The number of aromatic nitrogens is 1. The number of benzene rings is 12. The number of hydrogen-bond donors (Lipinski definition) is 0. The fourth-order valence-electron chi connectivity index (χ4n) is 13.7. The van der Waals surface area contributed by atoms with E-state index in [0.717, 1.165) is 22.6 Å². The molecule has 0 saturated heterocycles. The summed E-state index contributed by atoms with van der Waals surface area (Å²) in [6.45, 7) is 41.8. The zero-order valence-corrected chi connectivity index (χ0v) is 56.7. The van der Waals surface area contributed by atoms with Crippen molar-refractivity contribution in [2.75, 3.05) is 4.90 Å². The van der Waals surface area contributed by atoms with Crippen LogP contribution in [-0.2, 0) is 32.5 Å². The Hall–Kier alpha value is -8.72. The molecular weight excluding hydrogens is 1080 g/mol. The monoisotopic (exact) mass is 1170 g/mol. The summed E-state index contributed by atoms with van der Waals surface area (Å²) in [7, 11) is 0. The van der Waals surface area contributed by atoms with Gasteiger partial charge in [0.2, 0.25) is 0 Å². The molecule has 0 radical (unpaired) electrons. The minimum atomic E-state index is -0.0732. The molecule has 13 rings (SSSR count). The number of nitrogens with zero attached hydrogens (tertiary/aromatic N) is 2. The van der Waals surface area contributed by atoms with Crippen molar-refractivity contribution in [1.29, 1.82) is 0 Å². The third kappa shape index (κ3) is 10.9. The molecule has 0 fully saturated rings. The smallest absolute Gasteiger partial charge is 0.0541 e. The number of fused-ring (bicyclic) bond motifs is 3. The third-order valence-electron chi connectivity index (χ3n) is 19.3. The molecule has 0 aliphatic rings. The maximum atomic E-state index is 2.54. The van der Waals surface area contributed by atoms with E-state index in [2.05, 4.69) is 352 Å². The van der Waals surface area contributed by atoms with Crippen LogP contribution >= 0.6 is 0 Å². The molecule has 0 bridgehead atoms. The average molecular weight is 1180 g/mol. The van der Waals surface area contributed by atoms with Crippen LogP contribution in [0.15, 0.2) is 218 Å². The summed E-state index contributed by atoms with van der Waals surface area (Å²) in [5.74, 6) is 0. The van der Waals surface area contributed by atoms with Gasteiger partial charge in [0.25, 0.3) is 0 Å². The quantitative estimate of drug-likeness (QED) is 0.138. The molecule has 12 aromatic carbocycles. The van der Waals surface area contributed by atoms with Gasteiger partial charge < -0.3 is 9.47 Å². The van der Waals surface area contributed by atoms with Crippen molar-refractivity contribution in [3.05, 3.63) is 252 Å². The van der Waals surface area contributed by atoms with E-state index < -0.39 is 0 Å². The Morgan fingerprint density at radius 3 is 1.20 bits per heavy atom. The fraction of sp³-hybridized carbons (Fsp3) is 0.273. The Labute approximate surface area is 536 Å². The van der Waals surface area contributed by atoms with E-state index in [4.69, 9.17) is 0 Å². The lowest BCUT2D eigenvalue weighted by atomic mass is 9.78. The summed E-state index contributed by atoms with van der Waals surface area (Å²) in [6.07, 6.45) is 0. The van der Waals surface area contributed by atoms with Crippen LogP contribution in [0.4, 0.5) is 17.1 Å². The molecule has 2 heteroatoms. The molecule has 0 N–H and O–H groups in total. The molecule has 0 atom stereocenters. The Morgan fingerprint density at radius 1 is 0.256 bits per heavy atom. The highest BCUT2D eigenvalue weighted by Gasteiger charge is 2.28. The number of anilines is 3. The molecule has 0 spiro atoms. The molecule has 13 aromatic rings. The van der Waals surface area contributed by atoms with E-state index >= 15 is 0 Å². The lowest BCUT2D eigenvalue weighted by molar-refractivity contribution is 0.569. The Morgan fingerprint density at radius 2 is 0.667 bits per heavy atom. The van der Waals surface area contributed by atoms with Crippen LogP contribution in [0.3, 0.4) is 0 Å². The predicted molar refractivity (Wildman–Crippen MR) is 393 cm³/mol. The van der Waals surface area contributed by atoms with Gasteiger partial charge >= 0.3 is 0 Å². The predicted octanol–water partition coefficient (Wildman–Crippen LogP) is 25.6. The minimum absolute atomic E-state index is 0.000298. The zero-order valence-electron chi connectivity index (χ0n) is 56.7. The van der Waals surface area contributed by atoms with Gasteiger partial charge in [-0.15, -0.1) is 0 Å². The first kappa shape index (κ1) is 60.2. The van der Waals surface area contributed by atoms with Crippen LogP contribution in [-0.4, -0.2) is 4.57 Å². The Balaban J connectivity index is 1.03. The van der Waals surface area contributed by atoms with E-state index in [1.807, 2.05) is 0 Å². The second-order valence-corrected chi connectivity index (χ2v) is 32.0. The van der Waals surface area contributed by atoms with Crippen molar-refractivity contribution in [3.63, 3.8) is 0 Å². The first-order chi connectivity index (χ1) is 42.4. The van der Waals surface area contributed by atoms with Crippen LogP contribution in [0.5, 0.6) is 0 Å². The van der Waals surface area contributed by atoms with E-state index in [9.17, 15) is 0 Å². The molecule has 452 valence electrons. The van der Waals surface area contributed by atoms with Crippen molar-refractivity contribution in [2.45, 2.75) is 157 Å². The van der Waals surface area contributed by atoms with Gasteiger partial charge in [-0.1, -0.05) is 282 Å². The second-order valence-electron chi connectivity index (χ2n) is 32.0. The summed E-state index contributed by atoms with van der Waals surface area (Å²) in [5, 5.41) is 10.0. The number of rotatable bonds is 8. The molecule has 1 aromatic heterocycles. The summed E-state index contributed by atoms with van der Waals surface area (Å²) < 4.78 is 2.54. The van der Waals surface area contributed by atoms with Gasteiger partial charge in [-0.2, -0.15) is 0 Å². The molecule has 0 aliphatic heterocycles. The summed E-state index contributed by atoms with van der Waals surface area (Å²) in [4.78, 5) is 2.54. The van der Waals surface area contributed by atoms with Crippen molar-refractivity contribution in [1.82, 2.24) is 4.57 Å². The third-order valence-corrected chi connectivity index (χ3v) is 19.3. The maximum absolute atomic E-state index is 2.54. The van der Waals surface area contributed by atoms with Gasteiger partial charge in [0.05, 0.1) is 28.1 Å². The maximum Gasteiger partial charge on any atom is 0.0541 e. The van der Waals surface area contributed by atoms with Gasteiger partial charge in [-0.05, 0) is 187 Å². The highest BCUT2D eigenvalue weighted by molar-refractivity contribution is 6.28. The molecule has 2 nitrogen and oxygen atoms in total. The molecule has 0 saturated carbocycles. The Bertz CT molecular complexity index is 4800. The summed E-state index contributed by atoms with van der Waals surface area (Å²) in [6, 6.07) is 84.6. The lowest BCUT2D eigenvalue weighted by Gasteiger charge is -2.30. The molecule has 0 aliphatic carbocycles. The van der Waals surface area contributed by atoms with Crippen LogP contribution in [0.1, 0.15) is 158 Å². The topological polar surface area (TPSA) is 8.17 Å². The molecule has 1 heterocycles. The minimum Gasteiger partial charge on any atom is -0.309 e. The first-order valence-corrected chi connectivity index (χ1v) is 32.7. The second kappa shape index (κ2) is 21.5. The van der Waals surface area contributed by atoms with Gasteiger partial charge in [0, 0.05) is 32.8 Å². The fourth-order valence-corrected chi connectivity index (χ4v) is 13.7. The van der Waals surface area contributed by atoms with E-state index in [-0.39, 0.29) is 32.5 Å². The van der Waals surface area contributed by atoms with Crippen LogP contribution in [0.25, 0.3) is 104 Å². The highest BCUT2D eigenvalue weighted by Crippen LogP contribution is 2.50. The van der Waals surface area contributed by atoms with Crippen molar-refractivity contribution in [3.8, 4) is 50.2 Å². The molecule has 0 unspecified atom stereocenters. The lowest BCUT2D eigenvalue weighted by Crippen LogP contribution is -2.16. The normalized spacial score (nSPS) is 13.0. The van der Waals surface area contributed by atoms with Gasteiger partial charge in [0.15, 0.2) is 0 Å². The standard InChI is InChI=1S/C88H90N2/c1-83(2,3)62-35-27-56(28-36-62)69-23-19-20-24-70(69)71-25-21-22-26-76(71)89(68-39-29-55(30-40-68)59-47-60(49-65(48-59)86(10,11)12)61-50-66(87(13,14)15)52-67(51-61)88(16,17)18)77-43-33-57-32-42-73-78(44-34-58-31-41-72(77)81(57)82(58)73)90-79-45-37-63(84(4,5)6)53-74(79)75-54-64(85(7,8)9)38-46-80(75)90/h19-54H,1-18H3. The van der Waals surface area contributed by atoms with E-state index in [1.54, 1.807) is 0 Å². The molecule has 90 heavy (non-hydrogen) atoms. The number of hydrogen-bond acceptors (Lipinski definition) is 1. The summed E-state index contributed by atoms with van der Waals surface area (Å²) in [5.41, 5.74) is 24.7. The zero-order chi connectivity index (χ0) is 63.8. The van der Waals surface area contributed by atoms with Gasteiger partial charge in [0.1, 0.15) is 0 Å². The van der Waals surface area contributed by atoms with Crippen LogP contribution in [0, 0.1) is 0 Å². The SMILES string of the molecule is CC(C)(C)c1ccc(-c2ccccc2-c2ccccc2N(c2ccc(-c3cc(-c4cc(C(C)(C)C)cc(C(C)(C)C)c4)cc(C(C)(C)C)c3)cc2)c2ccc3ccc4c(-n5c6ccc(C(C)(C)C)cc6c6cc(C(C)(C)C)ccc65)ccc5ccc2c3c54)cc1. The van der Waals surface area contributed by atoms with Gasteiger partial charge in [-0.25, -0.2) is 0 Å². The Kier molecular flexibility index (Phi) is 14.4. The van der Waals surface area contributed by atoms with Crippen LogP contribution < -0.4 is 4.90 Å². The first-order valence-electron chi connectivity index (χ1n) is 32.7. The molecular formula is C88H90N2. The van der Waals surface area contributed by atoms with Crippen LogP contribution in [0.2, 0.25) is 0 Å².